The van der Waals surface area contributed by atoms with Crippen molar-refractivity contribution in [1.29, 1.82) is 0 Å². The van der Waals surface area contributed by atoms with E-state index in [1.165, 1.54) is 0 Å². The van der Waals surface area contributed by atoms with Crippen molar-refractivity contribution in [3.63, 3.8) is 0 Å². The van der Waals surface area contributed by atoms with E-state index in [9.17, 15) is 4.79 Å². The minimum absolute atomic E-state index is 0.0555. The van der Waals surface area contributed by atoms with Gasteiger partial charge in [0.25, 0.3) is 0 Å². The molecule has 0 saturated heterocycles. The fraction of sp³-hybridized carbons (Fsp3) is 0.188. The van der Waals surface area contributed by atoms with Gasteiger partial charge in [-0.1, -0.05) is 15.9 Å². The molecule has 0 amide bonds. The van der Waals surface area contributed by atoms with E-state index >= 15 is 0 Å². The Balaban J connectivity index is 2.39. The quantitative estimate of drug-likeness (QED) is 0.737. The molecule has 108 valence electrons. The van der Waals surface area contributed by atoms with Crippen LogP contribution in [0, 0.1) is 6.92 Å². The summed E-state index contributed by atoms with van der Waals surface area (Å²) in [7, 11) is 0. The number of hydrogen-bond donors (Lipinski definition) is 1. The third-order valence-electron chi connectivity index (χ3n) is 3.22. The summed E-state index contributed by atoms with van der Waals surface area (Å²) in [5.41, 5.74) is 7.36. The molecule has 0 radical (unpaired) electrons. The lowest BCUT2D eigenvalue weighted by Crippen LogP contribution is -2.11. The van der Waals surface area contributed by atoms with Crippen molar-refractivity contribution in [2.75, 3.05) is 13.2 Å². The Kier molecular flexibility index (Phi) is 3.69. The molecule has 1 heterocycles. The predicted octanol–water partition coefficient (Wildman–Crippen LogP) is 3.35. The zero-order valence-corrected chi connectivity index (χ0v) is 13.1. The Morgan fingerprint density at radius 3 is 2.81 bits per heavy atom. The van der Waals surface area contributed by atoms with Gasteiger partial charge in [0.05, 0.1) is 10.8 Å². The number of nitrogens with two attached hydrogens (primary N) is 1. The second-order valence-corrected chi connectivity index (χ2v) is 5.76. The Bertz CT molecular complexity index is 886. The Morgan fingerprint density at radius 2 is 2.05 bits per heavy atom. The number of fused-ring (bicyclic) bond motifs is 2. The van der Waals surface area contributed by atoms with E-state index in [0.29, 0.717) is 40.8 Å². The van der Waals surface area contributed by atoms with Crippen LogP contribution < -0.4 is 15.9 Å². The lowest BCUT2D eigenvalue weighted by atomic mass is 10.1. The van der Waals surface area contributed by atoms with Crippen molar-refractivity contribution < 1.29 is 9.15 Å². The van der Waals surface area contributed by atoms with Gasteiger partial charge >= 0.3 is 0 Å². The number of ether oxygens (including phenoxy) is 1. The van der Waals surface area contributed by atoms with Crippen LogP contribution in [0.1, 0.15) is 5.56 Å². The van der Waals surface area contributed by atoms with Crippen molar-refractivity contribution in [1.82, 2.24) is 0 Å². The van der Waals surface area contributed by atoms with Crippen molar-refractivity contribution in [2.45, 2.75) is 6.92 Å². The first-order chi connectivity index (χ1) is 10.1. The van der Waals surface area contributed by atoms with Gasteiger partial charge in [0.2, 0.25) is 5.43 Å². The maximum Gasteiger partial charge on any atom is 0.200 e. The number of halogens is 1. The normalized spacial score (nSPS) is 11.2. The topological polar surface area (TPSA) is 65.5 Å². The van der Waals surface area contributed by atoms with Crippen LogP contribution in [0.2, 0.25) is 0 Å². The highest BCUT2D eigenvalue weighted by atomic mass is 79.9. The van der Waals surface area contributed by atoms with Crippen LogP contribution in [0.25, 0.3) is 21.9 Å². The minimum atomic E-state index is -0.0555. The molecule has 2 N–H and O–H groups in total. The number of benzene rings is 2. The van der Waals surface area contributed by atoms with Gasteiger partial charge in [0, 0.05) is 11.0 Å². The van der Waals surface area contributed by atoms with Crippen LogP contribution >= 0.6 is 15.9 Å². The number of hydrogen-bond acceptors (Lipinski definition) is 4. The largest absolute Gasteiger partial charge is 0.488 e. The molecule has 0 unspecified atom stereocenters. The number of rotatable bonds is 3. The van der Waals surface area contributed by atoms with E-state index < -0.39 is 0 Å². The van der Waals surface area contributed by atoms with Gasteiger partial charge in [-0.05, 0) is 42.8 Å². The summed E-state index contributed by atoms with van der Waals surface area (Å²) in [6, 6.07) is 9.03. The van der Waals surface area contributed by atoms with E-state index in [-0.39, 0.29) is 5.43 Å². The van der Waals surface area contributed by atoms with Crippen LogP contribution in [-0.4, -0.2) is 13.2 Å². The van der Waals surface area contributed by atoms with Crippen LogP contribution in [0.4, 0.5) is 0 Å². The van der Waals surface area contributed by atoms with Gasteiger partial charge < -0.3 is 14.9 Å². The zero-order chi connectivity index (χ0) is 15.0. The van der Waals surface area contributed by atoms with Gasteiger partial charge in [0.1, 0.15) is 12.2 Å². The molecule has 4 nitrogen and oxygen atoms in total. The molecule has 0 aliphatic heterocycles. The highest BCUT2D eigenvalue weighted by molar-refractivity contribution is 9.10. The Morgan fingerprint density at radius 1 is 1.24 bits per heavy atom. The first-order valence-electron chi connectivity index (χ1n) is 6.60. The summed E-state index contributed by atoms with van der Waals surface area (Å²) in [5.74, 6) is 0.550. The molecule has 3 aromatic rings. The maximum atomic E-state index is 12.6. The molecule has 0 fully saturated rings. The molecule has 21 heavy (non-hydrogen) atoms. The van der Waals surface area contributed by atoms with Gasteiger partial charge in [-0.25, -0.2) is 0 Å². The molecule has 5 heteroatoms. The minimum Gasteiger partial charge on any atom is -0.488 e. The van der Waals surface area contributed by atoms with Crippen LogP contribution in [0.5, 0.6) is 5.75 Å². The molecule has 0 spiro atoms. The second kappa shape index (κ2) is 5.50. The maximum absolute atomic E-state index is 12.6. The molecule has 3 rings (SSSR count). The van der Waals surface area contributed by atoms with E-state index in [1.54, 1.807) is 12.1 Å². The predicted molar refractivity (Wildman–Crippen MR) is 87.0 cm³/mol. The lowest BCUT2D eigenvalue weighted by Gasteiger charge is -2.10. The zero-order valence-electron chi connectivity index (χ0n) is 11.5. The second-order valence-electron chi connectivity index (χ2n) is 4.85. The molecule has 1 aromatic heterocycles. The van der Waals surface area contributed by atoms with Crippen molar-refractivity contribution >= 4 is 37.9 Å². The molecule has 0 aliphatic rings. The summed E-state index contributed by atoms with van der Waals surface area (Å²) in [5, 5.41) is 1.08. The monoisotopic (exact) mass is 347 g/mol. The number of aryl methyl sites for hydroxylation is 1. The molecule has 0 bridgehead atoms. The molecule has 0 saturated carbocycles. The summed E-state index contributed by atoms with van der Waals surface area (Å²) in [4.78, 5) is 12.6. The third-order valence-corrected chi connectivity index (χ3v) is 3.71. The Labute approximate surface area is 129 Å². The van der Waals surface area contributed by atoms with E-state index in [4.69, 9.17) is 14.9 Å². The van der Waals surface area contributed by atoms with Crippen molar-refractivity contribution in [3.8, 4) is 5.75 Å². The molecule has 0 atom stereocenters. The summed E-state index contributed by atoms with van der Waals surface area (Å²) < 4.78 is 12.4. The molecule has 0 aliphatic carbocycles. The highest BCUT2D eigenvalue weighted by Crippen LogP contribution is 2.29. The SMILES string of the molecule is Cc1cc(OCCN)c2oc3cc(Br)ccc3c(=O)c2c1. The van der Waals surface area contributed by atoms with Crippen molar-refractivity contribution in [2.24, 2.45) is 5.73 Å². The van der Waals surface area contributed by atoms with Crippen LogP contribution in [0.3, 0.4) is 0 Å². The van der Waals surface area contributed by atoms with Crippen molar-refractivity contribution in [3.05, 3.63) is 50.6 Å². The van der Waals surface area contributed by atoms with Gasteiger partial charge in [-0.2, -0.15) is 0 Å². The van der Waals surface area contributed by atoms with Gasteiger partial charge in [-0.15, -0.1) is 0 Å². The first kappa shape index (κ1) is 14.1. The molecule has 2 aromatic carbocycles. The smallest absolute Gasteiger partial charge is 0.200 e. The highest BCUT2D eigenvalue weighted by Gasteiger charge is 2.13. The first-order valence-corrected chi connectivity index (χ1v) is 7.39. The Hall–Kier alpha value is -1.85. The lowest BCUT2D eigenvalue weighted by molar-refractivity contribution is 0.327. The van der Waals surface area contributed by atoms with Gasteiger partial charge in [0.15, 0.2) is 11.3 Å². The van der Waals surface area contributed by atoms with E-state index in [1.807, 2.05) is 25.1 Å². The van der Waals surface area contributed by atoms with E-state index in [0.717, 1.165) is 10.0 Å². The fourth-order valence-electron chi connectivity index (χ4n) is 2.31. The third kappa shape index (κ3) is 2.54. The average molecular weight is 348 g/mol. The van der Waals surface area contributed by atoms with Crippen LogP contribution in [-0.2, 0) is 0 Å². The fourth-order valence-corrected chi connectivity index (χ4v) is 2.65. The molecular weight excluding hydrogens is 334 g/mol. The van der Waals surface area contributed by atoms with E-state index in [2.05, 4.69) is 15.9 Å². The molecular formula is C16H14BrNO3. The summed E-state index contributed by atoms with van der Waals surface area (Å²) in [6.45, 7) is 2.69. The summed E-state index contributed by atoms with van der Waals surface area (Å²) in [6.07, 6.45) is 0. The average Bonchev–Trinajstić information content (AvgIpc) is 2.46. The van der Waals surface area contributed by atoms with Crippen LogP contribution in [0.15, 0.2) is 44.0 Å². The summed E-state index contributed by atoms with van der Waals surface area (Å²) >= 11 is 3.38. The standard InChI is InChI=1S/C16H14BrNO3/c1-9-6-12-15(19)11-3-2-10(17)8-13(11)21-16(12)14(7-9)20-5-4-18/h2-3,6-8H,4-5,18H2,1H3. The van der Waals surface area contributed by atoms with Gasteiger partial charge in [-0.3, -0.25) is 4.79 Å².